The third kappa shape index (κ3) is 4.08. The average Bonchev–Trinajstić information content (AvgIpc) is 2.37. The van der Waals surface area contributed by atoms with Gasteiger partial charge in [0.05, 0.1) is 5.60 Å². The normalized spacial score (nSPS) is 12.0. The lowest BCUT2D eigenvalue weighted by Gasteiger charge is -2.10. The molecule has 1 heteroatoms. The summed E-state index contributed by atoms with van der Waals surface area (Å²) in [6, 6.07) is 16.9. The van der Waals surface area contributed by atoms with Gasteiger partial charge in [0.15, 0.2) is 0 Å². The fourth-order valence-electron chi connectivity index (χ4n) is 1.83. The Bertz CT molecular complexity index is 554. The van der Waals surface area contributed by atoms with Crippen LogP contribution in [0.25, 0.3) is 17.2 Å². The molecule has 98 valence electrons. The van der Waals surface area contributed by atoms with Crippen molar-refractivity contribution in [3.8, 4) is 11.1 Å². The van der Waals surface area contributed by atoms with Gasteiger partial charge in [-0.15, -0.1) is 0 Å². The van der Waals surface area contributed by atoms with Gasteiger partial charge in [0, 0.05) is 0 Å². The third-order valence-corrected chi connectivity index (χ3v) is 2.98. The molecule has 0 fully saturated rings. The van der Waals surface area contributed by atoms with Crippen LogP contribution in [0.3, 0.4) is 0 Å². The van der Waals surface area contributed by atoms with E-state index in [0.717, 1.165) is 5.56 Å². The summed E-state index contributed by atoms with van der Waals surface area (Å²) >= 11 is 0. The van der Waals surface area contributed by atoms with Crippen molar-refractivity contribution >= 4 is 6.08 Å². The van der Waals surface area contributed by atoms with E-state index in [1.807, 2.05) is 6.08 Å². The van der Waals surface area contributed by atoms with Crippen LogP contribution >= 0.6 is 0 Å². The minimum atomic E-state index is -0.768. The summed E-state index contributed by atoms with van der Waals surface area (Å²) in [5.74, 6) is 0. The van der Waals surface area contributed by atoms with Crippen molar-refractivity contribution in [2.75, 3.05) is 0 Å². The van der Waals surface area contributed by atoms with Crippen molar-refractivity contribution in [3.63, 3.8) is 0 Å². The average molecular weight is 252 g/mol. The molecule has 2 aromatic carbocycles. The zero-order chi connectivity index (χ0) is 13.9. The molecule has 0 atom stereocenters. The summed E-state index contributed by atoms with van der Waals surface area (Å²) in [6.45, 7) is 5.63. The maximum Gasteiger partial charge on any atom is 0.0774 e. The van der Waals surface area contributed by atoms with Crippen LogP contribution in [0.5, 0.6) is 0 Å². The third-order valence-electron chi connectivity index (χ3n) is 2.98. The maximum absolute atomic E-state index is 9.65. The van der Waals surface area contributed by atoms with Gasteiger partial charge in [-0.25, -0.2) is 0 Å². The molecule has 0 spiro atoms. The Balaban J connectivity index is 2.19. The Kier molecular flexibility index (Phi) is 3.87. The first-order valence-corrected chi connectivity index (χ1v) is 6.53. The second kappa shape index (κ2) is 5.41. The topological polar surface area (TPSA) is 20.2 Å². The minimum Gasteiger partial charge on any atom is -0.386 e. The van der Waals surface area contributed by atoms with Gasteiger partial charge >= 0.3 is 0 Å². The van der Waals surface area contributed by atoms with Gasteiger partial charge < -0.3 is 5.11 Å². The van der Waals surface area contributed by atoms with Crippen LogP contribution in [0.15, 0.2) is 54.6 Å². The van der Waals surface area contributed by atoms with Crippen molar-refractivity contribution in [3.05, 3.63) is 65.7 Å². The number of benzene rings is 2. The van der Waals surface area contributed by atoms with Gasteiger partial charge in [-0.2, -0.15) is 0 Å². The zero-order valence-electron chi connectivity index (χ0n) is 11.7. The smallest absolute Gasteiger partial charge is 0.0774 e. The van der Waals surface area contributed by atoms with E-state index in [2.05, 4.69) is 55.5 Å². The molecule has 19 heavy (non-hydrogen) atoms. The predicted octanol–water partition coefficient (Wildman–Crippen LogP) is 4.45. The molecular weight excluding hydrogens is 232 g/mol. The van der Waals surface area contributed by atoms with Gasteiger partial charge in [-0.3, -0.25) is 0 Å². The van der Waals surface area contributed by atoms with Crippen molar-refractivity contribution in [1.29, 1.82) is 0 Å². The number of hydrogen-bond acceptors (Lipinski definition) is 1. The van der Waals surface area contributed by atoms with E-state index < -0.39 is 5.60 Å². The largest absolute Gasteiger partial charge is 0.386 e. The van der Waals surface area contributed by atoms with Crippen molar-refractivity contribution < 1.29 is 5.11 Å². The Hall–Kier alpha value is -1.86. The van der Waals surface area contributed by atoms with Gasteiger partial charge in [0.2, 0.25) is 0 Å². The van der Waals surface area contributed by atoms with Crippen LogP contribution < -0.4 is 0 Å². The second-order valence-corrected chi connectivity index (χ2v) is 5.48. The van der Waals surface area contributed by atoms with Crippen LogP contribution in [0.1, 0.15) is 25.0 Å². The van der Waals surface area contributed by atoms with Crippen LogP contribution in [-0.4, -0.2) is 10.7 Å². The first-order chi connectivity index (χ1) is 8.94. The van der Waals surface area contributed by atoms with Crippen LogP contribution in [-0.2, 0) is 0 Å². The molecule has 2 rings (SSSR count). The molecule has 0 bridgehead atoms. The van der Waals surface area contributed by atoms with Gasteiger partial charge in [-0.05, 0) is 37.5 Å². The summed E-state index contributed by atoms with van der Waals surface area (Å²) in [5, 5.41) is 9.65. The van der Waals surface area contributed by atoms with E-state index in [1.54, 1.807) is 19.9 Å². The van der Waals surface area contributed by atoms with E-state index >= 15 is 0 Å². The summed E-state index contributed by atoms with van der Waals surface area (Å²) in [7, 11) is 0. The molecule has 1 N–H and O–H groups in total. The predicted molar refractivity (Wildman–Crippen MR) is 81.9 cm³/mol. The zero-order valence-corrected chi connectivity index (χ0v) is 11.7. The lowest BCUT2D eigenvalue weighted by atomic mass is 10.0. The number of aliphatic hydroxyl groups is 1. The standard InChI is InChI=1S/C18H20O/c1-14-4-8-16(9-5-14)17-10-6-15(7-11-17)12-13-18(2,3)19/h4-13,19H,1-3H3/b13-12+. The first-order valence-electron chi connectivity index (χ1n) is 6.53. The number of hydrogen-bond donors (Lipinski definition) is 1. The fraction of sp³-hybridized carbons (Fsp3) is 0.222. The maximum atomic E-state index is 9.65. The van der Waals surface area contributed by atoms with Crippen molar-refractivity contribution in [2.24, 2.45) is 0 Å². The van der Waals surface area contributed by atoms with Crippen molar-refractivity contribution in [1.82, 2.24) is 0 Å². The van der Waals surface area contributed by atoms with Gasteiger partial charge in [-0.1, -0.05) is 66.2 Å². The molecule has 0 saturated heterocycles. The van der Waals surface area contributed by atoms with Crippen LogP contribution in [0.2, 0.25) is 0 Å². The Morgan fingerprint density at radius 2 is 1.32 bits per heavy atom. The highest BCUT2D eigenvalue weighted by atomic mass is 16.3. The Morgan fingerprint density at radius 3 is 1.79 bits per heavy atom. The molecular formula is C18H20O. The lowest BCUT2D eigenvalue weighted by Crippen LogP contribution is -2.13. The monoisotopic (exact) mass is 252 g/mol. The van der Waals surface area contributed by atoms with Crippen LogP contribution in [0, 0.1) is 6.92 Å². The summed E-state index contributed by atoms with van der Waals surface area (Å²) in [4.78, 5) is 0. The summed E-state index contributed by atoms with van der Waals surface area (Å²) < 4.78 is 0. The lowest BCUT2D eigenvalue weighted by molar-refractivity contribution is 0.134. The van der Waals surface area contributed by atoms with E-state index in [0.29, 0.717) is 0 Å². The molecule has 2 aromatic rings. The highest BCUT2D eigenvalue weighted by Gasteiger charge is 2.05. The number of aryl methyl sites for hydroxylation is 1. The molecule has 0 aliphatic rings. The molecule has 0 aromatic heterocycles. The van der Waals surface area contributed by atoms with E-state index in [4.69, 9.17) is 0 Å². The van der Waals surface area contributed by atoms with Gasteiger partial charge in [0.1, 0.15) is 0 Å². The fourth-order valence-corrected chi connectivity index (χ4v) is 1.83. The van der Waals surface area contributed by atoms with E-state index in [-0.39, 0.29) is 0 Å². The number of rotatable bonds is 3. The molecule has 0 radical (unpaired) electrons. The quantitative estimate of drug-likeness (QED) is 0.855. The highest BCUT2D eigenvalue weighted by molar-refractivity contribution is 5.66. The molecule has 0 amide bonds. The summed E-state index contributed by atoms with van der Waals surface area (Å²) in [5.41, 5.74) is 4.03. The Labute approximate surface area is 115 Å². The first kappa shape index (κ1) is 13.6. The molecule has 0 heterocycles. The molecule has 0 saturated carbocycles. The molecule has 1 nitrogen and oxygen atoms in total. The highest BCUT2D eigenvalue weighted by Crippen LogP contribution is 2.21. The SMILES string of the molecule is Cc1ccc(-c2ccc(/C=C/C(C)(C)O)cc2)cc1. The summed E-state index contributed by atoms with van der Waals surface area (Å²) in [6.07, 6.45) is 3.74. The molecule has 0 aliphatic heterocycles. The second-order valence-electron chi connectivity index (χ2n) is 5.48. The van der Waals surface area contributed by atoms with Crippen LogP contribution in [0.4, 0.5) is 0 Å². The van der Waals surface area contributed by atoms with Crippen molar-refractivity contribution in [2.45, 2.75) is 26.4 Å². The van der Waals surface area contributed by atoms with E-state index in [1.165, 1.54) is 16.7 Å². The molecule has 0 aliphatic carbocycles. The Morgan fingerprint density at radius 1 is 0.842 bits per heavy atom. The minimum absolute atomic E-state index is 0.768. The van der Waals surface area contributed by atoms with E-state index in [9.17, 15) is 5.11 Å². The molecule has 0 unspecified atom stereocenters. The van der Waals surface area contributed by atoms with Gasteiger partial charge in [0.25, 0.3) is 0 Å².